The third-order valence-corrected chi connectivity index (χ3v) is 12.1. The highest BCUT2D eigenvalue weighted by molar-refractivity contribution is 5.69. The Bertz CT molecular complexity index is 921. The van der Waals surface area contributed by atoms with Crippen molar-refractivity contribution in [1.82, 2.24) is 0 Å². The third kappa shape index (κ3) is 6.21. The Balaban J connectivity index is 1.34. The number of fused-ring (bicyclic) bond motifs is 5. The SMILES string of the molecule is CC(C)=CCC/C(C)=C/COC(=O)CC[C@@H](C)[C@H]1CC[C@H]2[C@@H]3[C@H](O)C[C@@H]4C[C@H](O)CC[C@]4(C)[C@H]3C[C@H](O)[C@]12C. The van der Waals surface area contributed by atoms with Crippen molar-refractivity contribution in [2.75, 3.05) is 6.61 Å². The van der Waals surface area contributed by atoms with Crippen molar-refractivity contribution in [3.8, 4) is 0 Å². The van der Waals surface area contributed by atoms with Crippen LogP contribution in [0.3, 0.4) is 0 Å². The average molecular weight is 545 g/mol. The van der Waals surface area contributed by atoms with E-state index < -0.39 is 0 Å². The Morgan fingerprint density at radius 1 is 0.974 bits per heavy atom. The first-order chi connectivity index (χ1) is 18.4. The summed E-state index contributed by atoms with van der Waals surface area (Å²) in [5.74, 6) is 1.71. The molecule has 0 aromatic rings. The number of hydrogen-bond donors (Lipinski definition) is 3. The summed E-state index contributed by atoms with van der Waals surface area (Å²) in [7, 11) is 0. The average Bonchev–Trinajstić information content (AvgIpc) is 3.22. The van der Waals surface area contributed by atoms with Gasteiger partial charge in [0.25, 0.3) is 0 Å². The lowest BCUT2D eigenvalue weighted by Gasteiger charge is -2.63. The monoisotopic (exact) mass is 544 g/mol. The fraction of sp³-hybridized carbons (Fsp3) is 0.853. The van der Waals surface area contributed by atoms with E-state index in [2.05, 4.69) is 47.6 Å². The predicted octanol–water partition coefficient (Wildman–Crippen LogP) is 6.60. The summed E-state index contributed by atoms with van der Waals surface area (Å²) in [4.78, 5) is 12.5. The fourth-order valence-electron chi connectivity index (χ4n) is 9.72. The van der Waals surface area contributed by atoms with Crippen molar-refractivity contribution in [1.29, 1.82) is 0 Å². The molecule has 0 aromatic heterocycles. The van der Waals surface area contributed by atoms with Gasteiger partial charge < -0.3 is 20.1 Å². The van der Waals surface area contributed by atoms with Gasteiger partial charge in [-0.2, -0.15) is 0 Å². The minimum absolute atomic E-state index is 0.0946. The summed E-state index contributed by atoms with van der Waals surface area (Å²) < 4.78 is 5.53. The molecule has 11 atom stereocenters. The predicted molar refractivity (Wildman–Crippen MR) is 156 cm³/mol. The lowest BCUT2D eigenvalue weighted by atomic mass is 9.43. The van der Waals surface area contributed by atoms with Crippen molar-refractivity contribution >= 4 is 5.97 Å². The van der Waals surface area contributed by atoms with E-state index in [4.69, 9.17) is 4.74 Å². The van der Waals surface area contributed by atoms with E-state index in [0.29, 0.717) is 42.6 Å². The van der Waals surface area contributed by atoms with Gasteiger partial charge in [-0.3, -0.25) is 4.79 Å². The van der Waals surface area contributed by atoms with Crippen LogP contribution >= 0.6 is 0 Å². The van der Waals surface area contributed by atoms with Crippen LogP contribution in [-0.4, -0.2) is 46.2 Å². The number of allylic oxidation sites excluding steroid dienone is 3. The number of ether oxygens (including phenoxy) is 1. The van der Waals surface area contributed by atoms with E-state index in [1.165, 1.54) is 11.1 Å². The highest BCUT2D eigenvalue weighted by Gasteiger charge is 2.65. The van der Waals surface area contributed by atoms with Crippen LogP contribution in [0.25, 0.3) is 0 Å². The first kappa shape index (κ1) is 30.8. The normalized spacial score (nSPS) is 42.6. The number of aliphatic hydroxyl groups excluding tert-OH is 3. The molecule has 0 amide bonds. The Morgan fingerprint density at radius 2 is 1.72 bits per heavy atom. The van der Waals surface area contributed by atoms with Crippen molar-refractivity contribution in [2.45, 2.75) is 130 Å². The van der Waals surface area contributed by atoms with Crippen LogP contribution in [0.15, 0.2) is 23.3 Å². The highest BCUT2D eigenvalue weighted by atomic mass is 16.5. The number of carbonyl (C=O) groups is 1. The quantitative estimate of drug-likeness (QED) is 0.225. The van der Waals surface area contributed by atoms with Crippen LogP contribution in [-0.2, 0) is 9.53 Å². The summed E-state index contributed by atoms with van der Waals surface area (Å²) in [6.45, 7) is 13.5. The second kappa shape index (κ2) is 12.4. The lowest BCUT2D eigenvalue weighted by molar-refractivity contribution is -0.207. The Morgan fingerprint density at radius 3 is 2.44 bits per heavy atom. The van der Waals surface area contributed by atoms with Gasteiger partial charge in [-0.05, 0) is 137 Å². The minimum Gasteiger partial charge on any atom is -0.461 e. The van der Waals surface area contributed by atoms with Gasteiger partial charge in [0, 0.05) is 6.42 Å². The molecule has 4 aliphatic rings. The zero-order chi connectivity index (χ0) is 28.5. The molecule has 0 saturated heterocycles. The molecule has 5 nitrogen and oxygen atoms in total. The van der Waals surface area contributed by atoms with Gasteiger partial charge in [0.15, 0.2) is 0 Å². The van der Waals surface area contributed by atoms with Crippen molar-refractivity contribution in [2.24, 2.45) is 46.3 Å². The largest absolute Gasteiger partial charge is 0.461 e. The van der Waals surface area contributed by atoms with E-state index in [1.54, 1.807) is 0 Å². The summed E-state index contributed by atoms with van der Waals surface area (Å²) in [5, 5.41) is 33.5. The smallest absolute Gasteiger partial charge is 0.306 e. The molecule has 222 valence electrons. The summed E-state index contributed by atoms with van der Waals surface area (Å²) >= 11 is 0. The minimum atomic E-state index is -0.389. The molecule has 3 N–H and O–H groups in total. The Kier molecular flexibility index (Phi) is 9.76. The molecule has 0 aliphatic heterocycles. The molecular weight excluding hydrogens is 488 g/mol. The second-order valence-electron chi connectivity index (χ2n) is 14.6. The van der Waals surface area contributed by atoms with E-state index >= 15 is 0 Å². The van der Waals surface area contributed by atoms with Crippen LogP contribution < -0.4 is 0 Å². The van der Waals surface area contributed by atoms with Crippen LogP contribution in [0.1, 0.15) is 112 Å². The summed E-state index contributed by atoms with van der Waals surface area (Å²) in [6, 6.07) is 0. The van der Waals surface area contributed by atoms with Gasteiger partial charge in [0.1, 0.15) is 6.61 Å². The first-order valence-electron chi connectivity index (χ1n) is 15.9. The van der Waals surface area contributed by atoms with E-state index in [0.717, 1.165) is 64.2 Å². The maximum atomic E-state index is 12.5. The summed E-state index contributed by atoms with van der Waals surface area (Å²) in [5.41, 5.74) is 2.44. The second-order valence-corrected chi connectivity index (χ2v) is 14.6. The lowest BCUT2D eigenvalue weighted by Crippen LogP contribution is -2.62. The molecule has 4 fully saturated rings. The molecule has 0 unspecified atom stereocenters. The molecule has 5 heteroatoms. The van der Waals surface area contributed by atoms with Gasteiger partial charge in [-0.1, -0.05) is 38.0 Å². The zero-order valence-electron chi connectivity index (χ0n) is 25.5. The first-order valence-corrected chi connectivity index (χ1v) is 15.9. The number of rotatable bonds is 9. The van der Waals surface area contributed by atoms with E-state index in [-0.39, 0.29) is 41.0 Å². The molecule has 39 heavy (non-hydrogen) atoms. The molecule has 4 aliphatic carbocycles. The number of aliphatic hydroxyl groups is 3. The highest BCUT2D eigenvalue weighted by Crippen LogP contribution is 2.68. The van der Waals surface area contributed by atoms with E-state index in [9.17, 15) is 20.1 Å². The molecule has 4 saturated carbocycles. The number of hydrogen-bond acceptors (Lipinski definition) is 5. The van der Waals surface area contributed by atoms with Crippen molar-refractivity contribution < 1.29 is 24.9 Å². The Labute approximate surface area is 237 Å². The third-order valence-electron chi connectivity index (χ3n) is 12.1. The van der Waals surface area contributed by atoms with Crippen molar-refractivity contribution in [3.05, 3.63) is 23.3 Å². The van der Waals surface area contributed by atoms with Crippen LogP contribution in [0, 0.1) is 46.3 Å². The Hall–Kier alpha value is -1.17. The van der Waals surface area contributed by atoms with Crippen molar-refractivity contribution in [3.63, 3.8) is 0 Å². The maximum absolute atomic E-state index is 12.5. The van der Waals surface area contributed by atoms with Gasteiger partial charge in [0.05, 0.1) is 18.3 Å². The standard InChI is InChI=1S/C34H56O5/c1-21(2)8-7-9-22(3)15-17-39-31(38)13-10-23(4)26-11-12-27-32-28(20-30(37)34(26,27)6)33(5)16-14-25(35)18-24(33)19-29(32)36/h8,15,23-30,32,35-37H,7,9-14,16-20H2,1-6H3/b22-15+/t23-,24+,25-,26-,27+,28+,29-,30+,32+,33+,34-/m1/s1. The fourth-order valence-corrected chi connectivity index (χ4v) is 9.72. The van der Waals surface area contributed by atoms with Crippen LogP contribution in [0.2, 0.25) is 0 Å². The molecule has 0 bridgehead atoms. The summed E-state index contributed by atoms with van der Waals surface area (Å²) in [6.07, 6.45) is 12.7. The molecule has 0 spiro atoms. The van der Waals surface area contributed by atoms with Gasteiger partial charge in [-0.15, -0.1) is 0 Å². The zero-order valence-corrected chi connectivity index (χ0v) is 25.5. The van der Waals surface area contributed by atoms with Crippen LogP contribution in [0.5, 0.6) is 0 Å². The topological polar surface area (TPSA) is 87.0 Å². The molecule has 0 heterocycles. The molecule has 0 aromatic carbocycles. The number of carbonyl (C=O) groups excluding carboxylic acids is 1. The van der Waals surface area contributed by atoms with Gasteiger partial charge in [-0.25, -0.2) is 0 Å². The van der Waals surface area contributed by atoms with Gasteiger partial charge in [0.2, 0.25) is 0 Å². The molecule has 4 rings (SSSR count). The van der Waals surface area contributed by atoms with Gasteiger partial charge >= 0.3 is 5.97 Å². The van der Waals surface area contributed by atoms with Crippen LogP contribution in [0.4, 0.5) is 0 Å². The van der Waals surface area contributed by atoms with E-state index in [1.807, 2.05) is 6.08 Å². The molecular formula is C34H56O5. The molecule has 0 radical (unpaired) electrons. The maximum Gasteiger partial charge on any atom is 0.306 e. The number of esters is 1.